The number of hydrogen-bond donors (Lipinski definition) is 1. The van der Waals surface area contributed by atoms with Crippen molar-refractivity contribution in [3.05, 3.63) is 32.7 Å². The van der Waals surface area contributed by atoms with E-state index in [-0.39, 0.29) is 5.75 Å². The number of aliphatic carboxylic acids is 1. The largest absolute Gasteiger partial charge is 0.491 e. The molecule has 1 aromatic rings. The van der Waals surface area contributed by atoms with Crippen LogP contribution in [-0.2, 0) is 4.79 Å². The Morgan fingerprint density at radius 3 is 2.30 bits per heavy atom. The lowest BCUT2D eigenvalue weighted by Crippen LogP contribution is -2.13. The molecule has 20 heavy (non-hydrogen) atoms. The number of carboxylic acids is 1. The van der Waals surface area contributed by atoms with Crippen molar-refractivity contribution in [3.8, 4) is 5.75 Å². The topological polar surface area (TPSA) is 46.5 Å². The number of alkyl halides is 3. The highest BCUT2D eigenvalue weighted by molar-refractivity contribution is 9.11. The molecule has 0 atom stereocenters. The van der Waals surface area contributed by atoms with Crippen LogP contribution < -0.4 is 4.74 Å². The summed E-state index contributed by atoms with van der Waals surface area (Å²) in [6.45, 7) is -0.495. The van der Waals surface area contributed by atoms with Crippen LogP contribution >= 0.6 is 31.9 Å². The van der Waals surface area contributed by atoms with Gasteiger partial charge in [-0.05, 0) is 55.6 Å². The van der Waals surface area contributed by atoms with Gasteiger partial charge >= 0.3 is 12.1 Å². The second kappa shape index (κ2) is 7.12. The highest BCUT2D eigenvalue weighted by atomic mass is 79.9. The average Bonchev–Trinajstić information content (AvgIpc) is 2.28. The summed E-state index contributed by atoms with van der Waals surface area (Å²) < 4.78 is 42.0. The van der Waals surface area contributed by atoms with Gasteiger partial charge in [0.25, 0.3) is 0 Å². The molecular formula is C12H9Br2F3O3. The van der Waals surface area contributed by atoms with E-state index in [1.54, 1.807) is 12.1 Å². The first-order chi connectivity index (χ1) is 9.19. The number of ether oxygens (including phenoxy) is 1. The lowest BCUT2D eigenvalue weighted by molar-refractivity contribution is -0.139. The second-order valence-electron chi connectivity index (χ2n) is 3.70. The lowest BCUT2D eigenvalue weighted by atomic mass is 10.2. The molecule has 0 heterocycles. The van der Waals surface area contributed by atoms with Gasteiger partial charge in [0.05, 0.1) is 22.0 Å². The Morgan fingerprint density at radius 2 is 1.85 bits per heavy atom. The summed E-state index contributed by atoms with van der Waals surface area (Å²) in [4.78, 5) is 10.4. The number of carboxylic acid groups (broad SMARTS) is 1. The zero-order valence-electron chi connectivity index (χ0n) is 9.88. The Labute approximate surface area is 129 Å². The molecule has 1 aromatic carbocycles. The minimum atomic E-state index is -4.27. The maximum atomic E-state index is 12.0. The van der Waals surface area contributed by atoms with Gasteiger partial charge in [0, 0.05) is 6.08 Å². The van der Waals surface area contributed by atoms with Crippen molar-refractivity contribution in [2.24, 2.45) is 0 Å². The molecule has 0 aromatic heterocycles. The Morgan fingerprint density at radius 1 is 1.30 bits per heavy atom. The minimum absolute atomic E-state index is 0.238. The number of halogens is 5. The molecule has 0 aliphatic rings. The molecule has 0 saturated heterocycles. The molecule has 0 amide bonds. The number of rotatable bonds is 5. The van der Waals surface area contributed by atoms with Gasteiger partial charge in [-0.2, -0.15) is 13.2 Å². The smallest absolute Gasteiger partial charge is 0.392 e. The molecule has 3 nitrogen and oxygen atoms in total. The van der Waals surface area contributed by atoms with E-state index in [0.717, 1.165) is 6.08 Å². The highest BCUT2D eigenvalue weighted by Gasteiger charge is 2.27. The third-order valence-corrected chi connectivity index (χ3v) is 3.25. The van der Waals surface area contributed by atoms with Crippen molar-refractivity contribution in [1.29, 1.82) is 0 Å². The molecule has 1 N–H and O–H groups in total. The van der Waals surface area contributed by atoms with Gasteiger partial charge in [0.15, 0.2) is 0 Å². The lowest BCUT2D eigenvalue weighted by Gasteiger charge is -2.12. The molecule has 1 rings (SSSR count). The van der Waals surface area contributed by atoms with E-state index < -0.39 is 25.2 Å². The van der Waals surface area contributed by atoms with E-state index in [9.17, 15) is 18.0 Å². The maximum absolute atomic E-state index is 12.0. The molecule has 0 aliphatic carbocycles. The minimum Gasteiger partial charge on any atom is -0.491 e. The van der Waals surface area contributed by atoms with E-state index >= 15 is 0 Å². The fraction of sp³-hybridized carbons (Fsp3) is 0.250. The summed E-state index contributed by atoms with van der Waals surface area (Å²) >= 11 is 6.34. The molecule has 0 aliphatic heterocycles. The Hall–Kier alpha value is -1.02. The van der Waals surface area contributed by atoms with E-state index in [4.69, 9.17) is 9.84 Å². The van der Waals surface area contributed by atoms with Crippen molar-refractivity contribution in [2.45, 2.75) is 12.6 Å². The zero-order valence-corrected chi connectivity index (χ0v) is 13.0. The Balaban J connectivity index is 2.81. The second-order valence-corrected chi connectivity index (χ2v) is 5.41. The number of benzene rings is 1. The molecule has 110 valence electrons. The van der Waals surface area contributed by atoms with Gasteiger partial charge in [-0.3, -0.25) is 0 Å². The molecule has 0 radical (unpaired) electrons. The van der Waals surface area contributed by atoms with Crippen LogP contribution in [0.4, 0.5) is 13.2 Å². The summed E-state index contributed by atoms with van der Waals surface area (Å²) in [6.07, 6.45) is -3.01. The monoisotopic (exact) mass is 416 g/mol. The molecule has 0 bridgehead atoms. The molecule has 0 spiro atoms. The van der Waals surface area contributed by atoms with Gasteiger partial charge in [0.2, 0.25) is 0 Å². The van der Waals surface area contributed by atoms with Gasteiger partial charge in [0.1, 0.15) is 5.75 Å². The summed E-state index contributed by atoms with van der Waals surface area (Å²) in [5.74, 6) is -0.857. The predicted octanol–water partition coefficient (Wildman–Crippen LogP) is 4.64. The van der Waals surface area contributed by atoms with Crippen molar-refractivity contribution < 1.29 is 27.8 Å². The maximum Gasteiger partial charge on any atom is 0.392 e. The van der Waals surface area contributed by atoms with Crippen LogP contribution in [0.25, 0.3) is 6.08 Å². The molecule has 0 unspecified atom stereocenters. The van der Waals surface area contributed by atoms with Gasteiger partial charge < -0.3 is 9.84 Å². The van der Waals surface area contributed by atoms with Gasteiger partial charge in [-0.15, -0.1) is 0 Å². The van der Waals surface area contributed by atoms with Crippen LogP contribution in [0, 0.1) is 0 Å². The standard InChI is InChI=1S/C12H9Br2F3O3/c13-8-5-7(1-2-10(18)19)6-9(14)11(8)20-4-3-12(15,16)17/h1-2,5-6H,3-4H2,(H,18,19)/b2-1+. The third kappa shape index (κ3) is 5.96. The first-order valence-corrected chi connectivity index (χ1v) is 6.87. The number of hydrogen-bond acceptors (Lipinski definition) is 2. The molecule has 8 heteroatoms. The first kappa shape index (κ1) is 17.0. The number of carbonyl (C=O) groups is 1. The predicted molar refractivity (Wildman–Crippen MR) is 74.7 cm³/mol. The van der Waals surface area contributed by atoms with E-state index in [2.05, 4.69) is 31.9 Å². The van der Waals surface area contributed by atoms with Crippen LogP contribution in [0.5, 0.6) is 5.75 Å². The Kier molecular flexibility index (Phi) is 6.07. The fourth-order valence-corrected chi connectivity index (χ4v) is 2.70. The van der Waals surface area contributed by atoms with Crippen LogP contribution in [0.15, 0.2) is 27.2 Å². The quantitative estimate of drug-likeness (QED) is 0.710. The summed E-state index contributed by atoms with van der Waals surface area (Å²) in [6, 6.07) is 3.10. The summed E-state index contributed by atoms with van der Waals surface area (Å²) in [5.41, 5.74) is 0.564. The van der Waals surface area contributed by atoms with E-state index in [0.29, 0.717) is 14.5 Å². The highest BCUT2D eigenvalue weighted by Crippen LogP contribution is 2.35. The van der Waals surface area contributed by atoms with E-state index in [1.807, 2.05) is 0 Å². The SMILES string of the molecule is O=C(O)/C=C/c1cc(Br)c(OCCC(F)(F)F)c(Br)c1. The molecule has 0 fully saturated rings. The molecular weight excluding hydrogens is 409 g/mol. The normalized spacial score (nSPS) is 11.8. The van der Waals surface area contributed by atoms with Crippen LogP contribution in [-0.4, -0.2) is 23.9 Å². The van der Waals surface area contributed by atoms with Gasteiger partial charge in [-0.25, -0.2) is 4.79 Å². The van der Waals surface area contributed by atoms with Crippen molar-refractivity contribution >= 4 is 43.9 Å². The Bertz CT molecular complexity index is 504. The molecule has 0 saturated carbocycles. The first-order valence-electron chi connectivity index (χ1n) is 5.28. The van der Waals surface area contributed by atoms with Crippen molar-refractivity contribution in [3.63, 3.8) is 0 Å². The summed E-state index contributed by atoms with van der Waals surface area (Å²) in [5, 5.41) is 8.52. The summed E-state index contributed by atoms with van der Waals surface area (Å²) in [7, 11) is 0. The third-order valence-electron chi connectivity index (χ3n) is 2.07. The van der Waals surface area contributed by atoms with Crippen LogP contribution in [0.3, 0.4) is 0 Å². The van der Waals surface area contributed by atoms with Crippen LogP contribution in [0.2, 0.25) is 0 Å². The van der Waals surface area contributed by atoms with Crippen molar-refractivity contribution in [1.82, 2.24) is 0 Å². The zero-order chi connectivity index (χ0) is 15.3. The average molecular weight is 418 g/mol. The van der Waals surface area contributed by atoms with Crippen molar-refractivity contribution in [2.75, 3.05) is 6.61 Å². The van der Waals surface area contributed by atoms with Crippen LogP contribution in [0.1, 0.15) is 12.0 Å². The van der Waals surface area contributed by atoms with E-state index in [1.165, 1.54) is 6.08 Å². The fourth-order valence-electron chi connectivity index (χ4n) is 1.25. The van der Waals surface area contributed by atoms with Gasteiger partial charge in [-0.1, -0.05) is 0 Å².